The maximum atomic E-state index is 11.4. The fourth-order valence-electron chi connectivity index (χ4n) is 1.60. The zero-order chi connectivity index (χ0) is 11.5. The molecule has 0 spiro atoms. The van der Waals surface area contributed by atoms with Crippen LogP contribution in [0.15, 0.2) is 0 Å². The highest BCUT2D eigenvalue weighted by Gasteiger charge is 2.22. The normalized spacial score (nSPS) is 25.5. The third-order valence-corrected chi connectivity index (χ3v) is 2.38. The minimum absolute atomic E-state index is 0. The predicted octanol–water partition coefficient (Wildman–Crippen LogP) is 2.07. The standard InChI is InChI=1S/C11H22N2O2.ClH/c1-8-5-6-9(7-12-8)13-10(14)15-11(2,3)4;/h8-9,12H,5-7H2,1-4H3,(H,13,14);1H. The van der Waals surface area contributed by atoms with E-state index in [4.69, 9.17) is 4.74 Å². The molecule has 2 atom stereocenters. The van der Waals surface area contributed by atoms with Crippen LogP contribution in [0.3, 0.4) is 0 Å². The third kappa shape index (κ3) is 6.18. The molecule has 1 heterocycles. The zero-order valence-corrected chi connectivity index (χ0v) is 11.3. The molecule has 0 aliphatic carbocycles. The maximum absolute atomic E-state index is 11.4. The van der Waals surface area contributed by atoms with E-state index in [0.717, 1.165) is 19.4 Å². The largest absolute Gasteiger partial charge is 0.444 e. The molecular formula is C11H23ClN2O2. The van der Waals surface area contributed by atoms with Gasteiger partial charge in [0.25, 0.3) is 0 Å². The number of hydrogen-bond acceptors (Lipinski definition) is 3. The summed E-state index contributed by atoms with van der Waals surface area (Å²) in [4.78, 5) is 11.4. The van der Waals surface area contributed by atoms with Crippen molar-refractivity contribution in [3.63, 3.8) is 0 Å². The fraction of sp³-hybridized carbons (Fsp3) is 0.909. The maximum Gasteiger partial charge on any atom is 0.407 e. The number of alkyl carbamates (subject to hydrolysis) is 1. The lowest BCUT2D eigenvalue weighted by atomic mass is 10.0. The smallest absolute Gasteiger partial charge is 0.407 e. The van der Waals surface area contributed by atoms with Crippen molar-refractivity contribution in [2.45, 2.75) is 58.2 Å². The highest BCUT2D eigenvalue weighted by Crippen LogP contribution is 2.10. The molecule has 4 nitrogen and oxygen atoms in total. The summed E-state index contributed by atoms with van der Waals surface area (Å²) in [5.41, 5.74) is -0.417. The van der Waals surface area contributed by atoms with Crippen LogP contribution in [-0.4, -0.2) is 30.3 Å². The summed E-state index contributed by atoms with van der Waals surface area (Å²) in [5, 5.41) is 6.20. The number of ether oxygens (including phenoxy) is 1. The molecule has 1 aliphatic rings. The van der Waals surface area contributed by atoms with E-state index in [1.807, 2.05) is 20.8 Å². The molecule has 2 unspecified atom stereocenters. The van der Waals surface area contributed by atoms with Crippen molar-refractivity contribution in [1.82, 2.24) is 10.6 Å². The van der Waals surface area contributed by atoms with Gasteiger partial charge in [-0.2, -0.15) is 0 Å². The molecule has 0 saturated carbocycles. The molecule has 0 aromatic carbocycles. The van der Waals surface area contributed by atoms with Crippen molar-refractivity contribution in [2.75, 3.05) is 6.54 Å². The highest BCUT2D eigenvalue weighted by molar-refractivity contribution is 5.85. The van der Waals surface area contributed by atoms with E-state index in [2.05, 4.69) is 17.6 Å². The molecular weight excluding hydrogens is 228 g/mol. The quantitative estimate of drug-likeness (QED) is 0.749. The Kier molecular flexibility index (Phi) is 6.11. The number of nitrogens with one attached hydrogen (secondary N) is 2. The summed E-state index contributed by atoms with van der Waals surface area (Å²) in [6, 6.07) is 0.762. The summed E-state index contributed by atoms with van der Waals surface area (Å²) >= 11 is 0. The van der Waals surface area contributed by atoms with Gasteiger partial charge in [0.05, 0.1) is 0 Å². The second-order valence-corrected chi connectivity index (χ2v) is 5.23. The van der Waals surface area contributed by atoms with E-state index in [-0.39, 0.29) is 24.5 Å². The number of piperidine rings is 1. The molecule has 0 bridgehead atoms. The molecule has 5 heteroatoms. The van der Waals surface area contributed by atoms with Gasteiger partial charge in [-0.3, -0.25) is 0 Å². The molecule has 0 aromatic rings. The first-order chi connectivity index (χ1) is 6.87. The van der Waals surface area contributed by atoms with Crippen LogP contribution in [0.1, 0.15) is 40.5 Å². The summed E-state index contributed by atoms with van der Waals surface area (Å²) in [6.45, 7) is 8.60. The molecule has 16 heavy (non-hydrogen) atoms. The van der Waals surface area contributed by atoms with Crippen molar-refractivity contribution in [3.05, 3.63) is 0 Å². The predicted molar refractivity (Wildman–Crippen MR) is 67.1 cm³/mol. The Labute approximate surface area is 104 Å². The van der Waals surface area contributed by atoms with Crippen LogP contribution in [0.2, 0.25) is 0 Å². The number of halogens is 1. The van der Waals surface area contributed by atoms with Crippen LogP contribution in [0.5, 0.6) is 0 Å². The minimum atomic E-state index is -0.417. The number of amides is 1. The number of carbonyl (C=O) groups is 1. The van der Waals surface area contributed by atoms with Crippen molar-refractivity contribution < 1.29 is 9.53 Å². The Bertz CT molecular complexity index is 221. The second-order valence-electron chi connectivity index (χ2n) is 5.23. The SMILES string of the molecule is CC1CCC(NC(=O)OC(C)(C)C)CN1.Cl. The van der Waals surface area contributed by atoms with E-state index in [1.54, 1.807) is 0 Å². The Morgan fingerprint density at radius 2 is 2.00 bits per heavy atom. The first-order valence-corrected chi connectivity index (χ1v) is 5.60. The molecule has 1 rings (SSSR count). The second kappa shape index (κ2) is 6.30. The van der Waals surface area contributed by atoms with Crippen LogP contribution < -0.4 is 10.6 Å². The summed E-state index contributed by atoms with van der Waals surface area (Å²) in [6.07, 6.45) is 1.80. The van der Waals surface area contributed by atoms with Gasteiger partial charge < -0.3 is 15.4 Å². The van der Waals surface area contributed by atoms with Gasteiger partial charge in [0, 0.05) is 18.6 Å². The summed E-state index contributed by atoms with van der Waals surface area (Å²) < 4.78 is 5.19. The van der Waals surface area contributed by atoms with Gasteiger partial charge in [-0.1, -0.05) is 0 Å². The van der Waals surface area contributed by atoms with Crippen LogP contribution in [-0.2, 0) is 4.74 Å². The molecule has 96 valence electrons. The summed E-state index contributed by atoms with van der Waals surface area (Å²) in [7, 11) is 0. The lowest BCUT2D eigenvalue weighted by Gasteiger charge is -2.29. The number of rotatable bonds is 1. The molecule has 1 amide bonds. The average Bonchev–Trinajstić information content (AvgIpc) is 2.05. The van der Waals surface area contributed by atoms with Gasteiger partial charge in [0.2, 0.25) is 0 Å². The molecule has 1 saturated heterocycles. The third-order valence-electron chi connectivity index (χ3n) is 2.38. The zero-order valence-electron chi connectivity index (χ0n) is 10.5. The Morgan fingerprint density at radius 1 is 1.38 bits per heavy atom. The van der Waals surface area contributed by atoms with Crippen molar-refractivity contribution in [2.24, 2.45) is 0 Å². The molecule has 0 radical (unpaired) electrons. The van der Waals surface area contributed by atoms with Crippen LogP contribution >= 0.6 is 12.4 Å². The van der Waals surface area contributed by atoms with Crippen LogP contribution in [0, 0.1) is 0 Å². The van der Waals surface area contributed by atoms with Crippen molar-refractivity contribution in [3.8, 4) is 0 Å². The van der Waals surface area contributed by atoms with E-state index in [1.165, 1.54) is 0 Å². The van der Waals surface area contributed by atoms with Crippen LogP contribution in [0.4, 0.5) is 4.79 Å². The van der Waals surface area contributed by atoms with E-state index < -0.39 is 5.60 Å². The van der Waals surface area contributed by atoms with Gasteiger partial charge in [-0.05, 0) is 40.5 Å². The van der Waals surface area contributed by atoms with Crippen molar-refractivity contribution in [1.29, 1.82) is 0 Å². The van der Waals surface area contributed by atoms with Gasteiger partial charge in [0.15, 0.2) is 0 Å². The van der Waals surface area contributed by atoms with E-state index >= 15 is 0 Å². The highest BCUT2D eigenvalue weighted by atomic mass is 35.5. The van der Waals surface area contributed by atoms with E-state index in [0.29, 0.717) is 6.04 Å². The Morgan fingerprint density at radius 3 is 2.44 bits per heavy atom. The topological polar surface area (TPSA) is 50.4 Å². The Hall–Kier alpha value is -0.480. The van der Waals surface area contributed by atoms with Gasteiger partial charge in [0.1, 0.15) is 5.60 Å². The molecule has 2 N–H and O–H groups in total. The van der Waals surface area contributed by atoms with Gasteiger partial charge >= 0.3 is 6.09 Å². The lowest BCUT2D eigenvalue weighted by molar-refractivity contribution is 0.0494. The average molecular weight is 251 g/mol. The minimum Gasteiger partial charge on any atom is -0.444 e. The van der Waals surface area contributed by atoms with Gasteiger partial charge in [-0.15, -0.1) is 12.4 Å². The van der Waals surface area contributed by atoms with E-state index in [9.17, 15) is 4.79 Å². The first kappa shape index (κ1) is 15.5. The summed E-state index contributed by atoms with van der Waals surface area (Å²) in [5.74, 6) is 0. The van der Waals surface area contributed by atoms with Gasteiger partial charge in [-0.25, -0.2) is 4.79 Å². The monoisotopic (exact) mass is 250 g/mol. The lowest BCUT2D eigenvalue weighted by Crippen LogP contribution is -2.49. The number of carbonyl (C=O) groups excluding carboxylic acids is 1. The number of hydrogen-bond donors (Lipinski definition) is 2. The Balaban J connectivity index is 0.00000225. The molecule has 0 aromatic heterocycles. The molecule has 1 fully saturated rings. The first-order valence-electron chi connectivity index (χ1n) is 5.60. The van der Waals surface area contributed by atoms with Crippen LogP contribution in [0.25, 0.3) is 0 Å². The fourth-order valence-corrected chi connectivity index (χ4v) is 1.60. The molecule has 1 aliphatic heterocycles. The van der Waals surface area contributed by atoms with Crippen molar-refractivity contribution >= 4 is 18.5 Å².